The Kier molecular flexibility index (Phi) is 5.16. The molecule has 0 aliphatic carbocycles. The van der Waals surface area contributed by atoms with Crippen LogP contribution in [-0.2, 0) is 16.1 Å². The number of hydrogen-bond acceptors (Lipinski definition) is 7. The standard InChI is InChI=1S/C19H20N6O3/c26-17-3-1-2-15(12-17)20-18(27)13-25-22-19(21-23-25)14-4-6-16(7-5-14)24-8-10-28-11-9-24/h1-7,12,26H,8-11,13H2,(H,20,27). The number of anilines is 2. The van der Waals surface area contributed by atoms with Crippen LogP contribution in [0.15, 0.2) is 48.5 Å². The molecule has 2 heterocycles. The van der Waals surface area contributed by atoms with E-state index >= 15 is 0 Å². The molecule has 144 valence electrons. The molecular formula is C19H20N6O3. The molecule has 1 aromatic heterocycles. The number of aromatic nitrogens is 4. The van der Waals surface area contributed by atoms with Gasteiger partial charge in [-0.15, -0.1) is 10.2 Å². The Morgan fingerprint density at radius 2 is 1.93 bits per heavy atom. The highest BCUT2D eigenvalue weighted by molar-refractivity contribution is 5.90. The number of aromatic hydroxyl groups is 1. The Bertz CT molecular complexity index is 950. The second kappa shape index (κ2) is 8.05. The first-order chi connectivity index (χ1) is 13.7. The van der Waals surface area contributed by atoms with Crippen LogP contribution in [0.3, 0.4) is 0 Å². The summed E-state index contributed by atoms with van der Waals surface area (Å²) in [5.74, 6) is 0.232. The third-order valence-electron chi connectivity index (χ3n) is 4.37. The van der Waals surface area contributed by atoms with Crippen molar-refractivity contribution >= 4 is 17.3 Å². The first kappa shape index (κ1) is 17.9. The molecule has 0 saturated carbocycles. The van der Waals surface area contributed by atoms with E-state index in [1.807, 2.05) is 24.3 Å². The summed E-state index contributed by atoms with van der Waals surface area (Å²) in [5.41, 5.74) is 2.46. The van der Waals surface area contributed by atoms with Crippen LogP contribution in [0.1, 0.15) is 0 Å². The summed E-state index contributed by atoms with van der Waals surface area (Å²) in [6.07, 6.45) is 0. The molecule has 4 rings (SSSR count). The second-order valence-electron chi connectivity index (χ2n) is 6.39. The van der Waals surface area contributed by atoms with Crippen LogP contribution < -0.4 is 10.2 Å². The van der Waals surface area contributed by atoms with Crippen molar-refractivity contribution in [3.05, 3.63) is 48.5 Å². The number of ether oxygens (including phenoxy) is 1. The van der Waals surface area contributed by atoms with Gasteiger partial charge in [-0.25, -0.2) is 0 Å². The van der Waals surface area contributed by atoms with Crippen molar-refractivity contribution in [3.63, 3.8) is 0 Å². The highest BCUT2D eigenvalue weighted by Crippen LogP contribution is 2.21. The highest BCUT2D eigenvalue weighted by Gasteiger charge is 2.13. The average Bonchev–Trinajstić information content (AvgIpc) is 3.17. The maximum atomic E-state index is 12.1. The number of rotatable bonds is 5. The number of phenols is 1. The maximum Gasteiger partial charge on any atom is 0.248 e. The molecule has 1 aliphatic heterocycles. The van der Waals surface area contributed by atoms with Gasteiger partial charge in [-0.1, -0.05) is 6.07 Å². The monoisotopic (exact) mass is 380 g/mol. The first-order valence-corrected chi connectivity index (χ1v) is 8.97. The van der Waals surface area contributed by atoms with Crippen molar-refractivity contribution < 1.29 is 14.6 Å². The Hall–Kier alpha value is -3.46. The summed E-state index contributed by atoms with van der Waals surface area (Å²) in [7, 11) is 0. The number of benzene rings is 2. The van der Waals surface area contributed by atoms with Crippen LogP contribution in [0, 0.1) is 0 Å². The van der Waals surface area contributed by atoms with E-state index in [-0.39, 0.29) is 18.2 Å². The third-order valence-corrected chi connectivity index (χ3v) is 4.37. The molecule has 3 aromatic rings. The maximum absolute atomic E-state index is 12.1. The van der Waals surface area contributed by atoms with Gasteiger partial charge in [0, 0.05) is 36.1 Å². The lowest BCUT2D eigenvalue weighted by Gasteiger charge is -2.28. The van der Waals surface area contributed by atoms with Gasteiger partial charge in [-0.3, -0.25) is 4.79 Å². The summed E-state index contributed by atoms with van der Waals surface area (Å²) in [4.78, 5) is 15.6. The van der Waals surface area contributed by atoms with Crippen molar-refractivity contribution in [2.45, 2.75) is 6.54 Å². The Morgan fingerprint density at radius 3 is 2.68 bits per heavy atom. The number of tetrazole rings is 1. The van der Waals surface area contributed by atoms with E-state index < -0.39 is 0 Å². The molecule has 0 radical (unpaired) electrons. The predicted octanol–water partition coefficient (Wildman–Crippen LogP) is 1.52. The largest absolute Gasteiger partial charge is 0.508 e. The topological polar surface area (TPSA) is 105 Å². The molecule has 1 aliphatic rings. The van der Waals surface area contributed by atoms with E-state index in [0.29, 0.717) is 11.5 Å². The normalized spacial score (nSPS) is 14.1. The lowest BCUT2D eigenvalue weighted by Crippen LogP contribution is -2.36. The van der Waals surface area contributed by atoms with Gasteiger partial charge < -0.3 is 20.1 Å². The lowest BCUT2D eigenvalue weighted by atomic mass is 10.2. The molecule has 2 aromatic carbocycles. The van der Waals surface area contributed by atoms with Crippen molar-refractivity contribution in [2.24, 2.45) is 0 Å². The van der Waals surface area contributed by atoms with Crippen LogP contribution in [0.2, 0.25) is 0 Å². The molecule has 0 atom stereocenters. The molecule has 2 N–H and O–H groups in total. The van der Waals surface area contributed by atoms with Crippen LogP contribution >= 0.6 is 0 Å². The first-order valence-electron chi connectivity index (χ1n) is 8.97. The number of phenolic OH excluding ortho intramolecular Hbond substituents is 1. The Balaban J connectivity index is 1.39. The number of carbonyl (C=O) groups excluding carboxylic acids is 1. The van der Waals surface area contributed by atoms with Crippen LogP contribution in [-0.4, -0.2) is 57.5 Å². The number of morpholine rings is 1. The summed E-state index contributed by atoms with van der Waals surface area (Å²) in [6.45, 7) is 3.16. The summed E-state index contributed by atoms with van der Waals surface area (Å²) in [5, 5.41) is 24.4. The number of nitrogens with one attached hydrogen (secondary N) is 1. The van der Waals surface area contributed by atoms with E-state index in [4.69, 9.17) is 4.74 Å². The molecule has 1 fully saturated rings. The van der Waals surface area contributed by atoms with Gasteiger partial charge in [-0.2, -0.15) is 4.80 Å². The van der Waals surface area contributed by atoms with E-state index in [1.165, 1.54) is 16.9 Å². The summed E-state index contributed by atoms with van der Waals surface area (Å²) < 4.78 is 5.37. The fourth-order valence-electron chi connectivity index (χ4n) is 2.98. The van der Waals surface area contributed by atoms with Gasteiger partial charge in [0.1, 0.15) is 12.3 Å². The van der Waals surface area contributed by atoms with Gasteiger partial charge in [0.25, 0.3) is 0 Å². The minimum Gasteiger partial charge on any atom is -0.508 e. The molecule has 9 nitrogen and oxygen atoms in total. The molecular weight excluding hydrogens is 360 g/mol. The quantitative estimate of drug-likeness (QED) is 0.691. The van der Waals surface area contributed by atoms with Gasteiger partial charge in [0.2, 0.25) is 11.7 Å². The Morgan fingerprint density at radius 1 is 1.14 bits per heavy atom. The van der Waals surface area contributed by atoms with Crippen molar-refractivity contribution in [1.29, 1.82) is 0 Å². The summed E-state index contributed by atoms with van der Waals surface area (Å²) in [6, 6.07) is 14.3. The van der Waals surface area contributed by atoms with E-state index in [0.717, 1.165) is 37.6 Å². The van der Waals surface area contributed by atoms with Crippen LogP contribution in [0.4, 0.5) is 11.4 Å². The third kappa shape index (κ3) is 4.26. The molecule has 0 bridgehead atoms. The zero-order chi connectivity index (χ0) is 19.3. The number of carbonyl (C=O) groups is 1. The van der Waals surface area contributed by atoms with Gasteiger partial charge >= 0.3 is 0 Å². The van der Waals surface area contributed by atoms with Crippen molar-refractivity contribution in [3.8, 4) is 17.1 Å². The van der Waals surface area contributed by atoms with Gasteiger partial charge in [-0.05, 0) is 41.6 Å². The number of hydrogen-bond donors (Lipinski definition) is 2. The van der Waals surface area contributed by atoms with E-state index in [2.05, 4.69) is 25.6 Å². The van der Waals surface area contributed by atoms with E-state index in [1.54, 1.807) is 12.1 Å². The van der Waals surface area contributed by atoms with Crippen molar-refractivity contribution in [2.75, 3.05) is 36.5 Å². The van der Waals surface area contributed by atoms with Crippen LogP contribution in [0.25, 0.3) is 11.4 Å². The second-order valence-corrected chi connectivity index (χ2v) is 6.39. The average molecular weight is 380 g/mol. The summed E-state index contributed by atoms with van der Waals surface area (Å²) >= 11 is 0. The number of amides is 1. The molecule has 9 heteroatoms. The molecule has 0 spiro atoms. The molecule has 1 amide bonds. The fraction of sp³-hybridized carbons (Fsp3) is 0.263. The predicted molar refractivity (Wildman–Crippen MR) is 103 cm³/mol. The lowest BCUT2D eigenvalue weighted by molar-refractivity contribution is -0.117. The fourth-order valence-corrected chi connectivity index (χ4v) is 2.98. The molecule has 0 unspecified atom stereocenters. The molecule has 1 saturated heterocycles. The van der Waals surface area contributed by atoms with E-state index in [9.17, 15) is 9.90 Å². The zero-order valence-electron chi connectivity index (χ0n) is 15.2. The highest BCUT2D eigenvalue weighted by atomic mass is 16.5. The van der Waals surface area contributed by atoms with Crippen molar-refractivity contribution in [1.82, 2.24) is 20.2 Å². The SMILES string of the molecule is O=C(Cn1nnc(-c2ccc(N3CCOCC3)cc2)n1)Nc1cccc(O)c1. The minimum absolute atomic E-state index is 0.0749. The van der Waals surface area contributed by atoms with Gasteiger partial charge in [0.05, 0.1) is 13.2 Å². The zero-order valence-corrected chi connectivity index (χ0v) is 15.2. The smallest absolute Gasteiger partial charge is 0.248 e. The van der Waals surface area contributed by atoms with Crippen LogP contribution in [0.5, 0.6) is 5.75 Å². The minimum atomic E-state index is -0.308. The molecule has 28 heavy (non-hydrogen) atoms. The number of nitrogens with zero attached hydrogens (tertiary/aromatic N) is 5. The Labute approximate surface area is 161 Å². The van der Waals surface area contributed by atoms with Gasteiger partial charge in [0.15, 0.2) is 0 Å².